The Balaban J connectivity index is 2.65. The average molecular weight is 300 g/mol. The van der Waals surface area contributed by atoms with Gasteiger partial charge in [-0.2, -0.15) is 5.26 Å². The molecule has 106 valence electrons. The highest BCUT2D eigenvalue weighted by Gasteiger charge is 2.05. The maximum atomic E-state index is 12.1. The van der Waals surface area contributed by atoms with Crippen LogP contribution in [0.25, 0.3) is 11.6 Å². The van der Waals surface area contributed by atoms with Crippen molar-refractivity contribution < 1.29 is 9.53 Å². The fraction of sp³-hybridized carbons (Fsp3) is 0.133. The number of hydrogen-bond acceptors (Lipinski definition) is 5. The van der Waals surface area contributed by atoms with Crippen LogP contribution in [-0.4, -0.2) is 18.0 Å². The fourth-order valence-electron chi connectivity index (χ4n) is 1.78. The van der Waals surface area contributed by atoms with Gasteiger partial charge >= 0.3 is 0 Å². The first-order valence-corrected chi connectivity index (χ1v) is 6.83. The number of ether oxygens (including phenoxy) is 1. The minimum atomic E-state index is -0.236. The van der Waals surface area contributed by atoms with E-state index < -0.39 is 0 Å². The van der Waals surface area contributed by atoms with Crippen LogP contribution in [0.5, 0.6) is 5.75 Å². The minimum Gasteiger partial charge on any atom is -0.497 e. The van der Waals surface area contributed by atoms with Gasteiger partial charge in [0.1, 0.15) is 22.1 Å². The molecule has 1 heterocycles. The fourth-order valence-corrected chi connectivity index (χ4v) is 2.83. The molecule has 0 atom stereocenters. The molecule has 5 nitrogen and oxygen atoms in total. The lowest BCUT2D eigenvalue weighted by Gasteiger charge is -1.98. The number of nitriles is 1. The van der Waals surface area contributed by atoms with Gasteiger partial charge in [0, 0.05) is 7.05 Å². The SMILES string of the molecule is COc1ccc(/C=c2\s/c(=C(/C#N)C=O)n(C)c2=O)cc1. The average Bonchev–Trinajstić information content (AvgIpc) is 2.78. The highest BCUT2D eigenvalue weighted by molar-refractivity contribution is 7.07. The summed E-state index contributed by atoms with van der Waals surface area (Å²) < 4.78 is 7.21. The second-order valence-electron chi connectivity index (χ2n) is 4.20. The molecule has 0 saturated heterocycles. The predicted octanol–water partition coefficient (Wildman–Crippen LogP) is 0.157. The number of thiazole rings is 1. The summed E-state index contributed by atoms with van der Waals surface area (Å²) in [6.45, 7) is 0. The van der Waals surface area contributed by atoms with Crippen LogP contribution in [0.15, 0.2) is 29.1 Å². The molecule has 2 aromatic rings. The Labute approximate surface area is 124 Å². The van der Waals surface area contributed by atoms with E-state index in [1.807, 2.05) is 12.1 Å². The van der Waals surface area contributed by atoms with Crippen molar-refractivity contribution in [3.63, 3.8) is 0 Å². The van der Waals surface area contributed by atoms with Crippen molar-refractivity contribution >= 4 is 29.3 Å². The number of hydrogen-bond donors (Lipinski definition) is 0. The molecule has 0 bridgehead atoms. The molecule has 21 heavy (non-hydrogen) atoms. The van der Waals surface area contributed by atoms with Gasteiger partial charge in [0.25, 0.3) is 5.56 Å². The summed E-state index contributed by atoms with van der Waals surface area (Å²) in [7, 11) is 3.12. The number of nitrogens with zero attached hydrogens (tertiary/aromatic N) is 2. The smallest absolute Gasteiger partial charge is 0.268 e. The standard InChI is InChI=1S/C15H12N2O3S/c1-17-14(19)13(21-15(17)11(8-16)9-18)7-10-3-5-12(20-2)6-4-10/h3-7,9H,1-2H3/b13-7-,15-11-. The molecular formula is C15H12N2O3S. The third kappa shape index (κ3) is 2.93. The lowest BCUT2D eigenvalue weighted by molar-refractivity contribution is -0.103. The Hall–Kier alpha value is -2.65. The molecule has 2 rings (SSSR count). The van der Waals surface area contributed by atoms with Crippen molar-refractivity contribution in [2.45, 2.75) is 0 Å². The number of methoxy groups -OCH3 is 1. The molecule has 0 N–H and O–H groups in total. The Morgan fingerprint density at radius 1 is 1.38 bits per heavy atom. The van der Waals surface area contributed by atoms with Crippen LogP contribution < -0.4 is 19.5 Å². The summed E-state index contributed by atoms with van der Waals surface area (Å²) in [6, 6.07) is 9.04. The van der Waals surface area contributed by atoms with Gasteiger partial charge in [-0.25, -0.2) is 0 Å². The summed E-state index contributed by atoms with van der Waals surface area (Å²) in [6.07, 6.45) is 2.18. The quantitative estimate of drug-likeness (QED) is 0.757. The maximum Gasteiger partial charge on any atom is 0.268 e. The second kappa shape index (κ2) is 6.20. The van der Waals surface area contributed by atoms with Crippen LogP contribution in [0.3, 0.4) is 0 Å². The molecule has 0 aliphatic heterocycles. The molecular weight excluding hydrogens is 288 g/mol. The monoisotopic (exact) mass is 300 g/mol. The highest BCUT2D eigenvalue weighted by Crippen LogP contribution is 2.11. The number of rotatable bonds is 3. The second-order valence-corrected chi connectivity index (χ2v) is 5.23. The van der Waals surface area contributed by atoms with Crippen LogP contribution in [0, 0.1) is 11.3 Å². The number of aldehydes is 1. The molecule has 0 amide bonds. The van der Waals surface area contributed by atoms with Crippen LogP contribution in [0.4, 0.5) is 0 Å². The third-order valence-corrected chi connectivity index (χ3v) is 4.11. The van der Waals surface area contributed by atoms with Crippen LogP contribution >= 0.6 is 11.3 Å². The highest BCUT2D eigenvalue weighted by atomic mass is 32.1. The van der Waals surface area contributed by atoms with Crippen LogP contribution in [0.1, 0.15) is 5.56 Å². The zero-order valence-electron chi connectivity index (χ0n) is 11.5. The minimum absolute atomic E-state index is 0.0472. The molecule has 0 spiro atoms. The first-order chi connectivity index (χ1) is 10.1. The molecule has 0 aliphatic carbocycles. The topological polar surface area (TPSA) is 72.1 Å². The molecule has 1 aromatic heterocycles. The van der Waals surface area contributed by atoms with Crippen molar-refractivity contribution in [2.24, 2.45) is 7.05 Å². The van der Waals surface area contributed by atoms with Crippen LogP contribution in [-0.2, 0) is 11.8 Å². The van der Waals surface area contributed by atoms with E-state index in [-0.39, 0.29) is 11.1 Å². The first kappa shape index (κ1) is 14.8. The summed E-state index contributed by atoms with van der Waals surface area (Å²) in [5.41, 5.74) is 0.556. The lowest BCUT2D eigenvalue weighted by atomic mass is 10.2. The van der Waals surface area contributed by atoms with Gasteiger partial charge in [0.2, 0.25) is 0 Å². The zero-order chi connectivity index (χ0) is 15.4. The number of carbonyl (C=O) groups excluding carboxylic acids is 1. The maximum absolute atomic E-state index is 12.1. The molecule has 0 unspecified atom stereocenters. The van der Waals surface area contributed by atoms with Gasteiger partial charge in [-0.15, -0.1) is 11.3 Å². The van der Waals surface area contributed by atoms with Crippen molar-refractivity contribution in [1.29, 1.82) is 5.26 Å². The Morgan fingerprint density at radius 3 is 2.57 bits per heavy atom. The Bertz CT molecular complexity index is 883. The Morgan fingerprint density at radius 2 is 2.05 bits per heavy atom. The normalized spacial score (nSPS) is 12.7. The van der Waals surface area contributed by atoms with Crippen molar-refractivity contribution in [3.05, 3.63) is 49.4 Å². The van der Waals surface area contributed by atoms with Gasteiger partial charge in [-0.05, 0) is 23.8 Å². The zero-order valence-corrected chi connectivity index (χ0v) is 12.3. The Kier molecular flexibility index (Phi) is 4.36. The first-order valence-electron chi connectivity index (χ1n) is 6.02. The van der Waals surface area contributed by atoms with Crippen molar-refractivity contribution in [3.8, 4) is 11.8 Å². The molecule has 0 aliphatic rings. The summed E-state index contributed by atoms with van der Waals surface area (Å²) >= 11 is 1.12. The summed E-state index contributed by atoms with van der Waals surface area (Å²) in [5.74, 6) is 0.730. The van der Waals surface area contributed by atoms with E-state index in [2.05, 4.69) is 0 Å². The van der Waals surface area contributed by atoms with E-state index in [4.69, 9.17) is 10.00 Å². The van der Waals surface area contributed by atoms with Gasteiger partial charge in [0.15, 0.2) is 6.29 Å². The van der Waals surface area contributed by atoms with Crippen molar-refractivity contribution in [1.82, 2.24) is 4.57 Å². The molecule has 6 heteroatoms. The van der Waals surface area contributed by atoms with E-state index in [1.54, 1.807) is 38.4 Å². The third-order valence-electron chi connectivity index (χ3n) is 2.91. The van der Waals surface area contributed by atoms with Gasteiger partial charge in [-0.1, -0.05) is 12.1 Å². The van der Waals surface area contributed by atoms with E-state index in [1.165, 1.54) is 4.57 Å². The van der Waals surface area contributed by atoms with E-state index in [0.717, 1.165) is 22.6 Å². The molecule has 0 saturated carbocycles. The number of benzene rings is 1. The van der Waals surface area contributed by atoms with Gasteiger partial charge in [0.05, 0.1) is 11.6 Å². The molecule has 1 aromatic carbocycles. The van der Waals surface area contributed by atoms with E-state index >= 15 is 0 Å². The van der Waals surface area contributed by atoms with Crippen LogP contribution in [0.2, 0.25) is 0 Å². The molecule has 0 fully saturated rings. The van der Waals surface area contributed by atoms with Crippen molar-refractivity contribution in [2.75, 3.05) is 7.11 Å². The number of aromatic nitrogens is 1. The largest absolute Gasteiger partial charge is 0.497 e. The van der Waals surface area contributed by atoms with E-state index in [0.29, 0.717) is 15.5 Å². The summed E-state index contributed by atoms with van der Waals surface area (Å²) in [4.78, 5) is 23.0. The molecule has 0 radical (unpaired) electrons. The van der Waals surface area contributed by atoms with Gasteiger partial charge in [-0.3, -0.25) is 9.59 Å². The number of carbonyl (C=O) groups is 1. The predicted molar refractivity (Wildman–Crippen MR) is 80.5 cm³/mol. The summed E-state index contributed by atoms with van der Waals surface area (Å²) in [5, 5.41) is 8.90. The van der Waals surface area contributed by atoms with E-state index in [9.17, 15) is 9.59 Å². The van der Waals surface area contributed by atoms with Gasteiger partial charge < -0.3 is 9.30 Å². The lowest BCUT2D eigenvalue weighted by Crippen LogP contribution is -2.29.